The summed E-state index contributed by atoms with van der Waals surface area (Å²) in [6.45, 7) is -0.208. The number of benzene rings is 1. The van der Waals surface area contributed by atoms with Crippen LogP contribution in [0, 0.1) is 0 Å². The van der Waals surface area contributed by atoms with Gasteiger partial charge in [-0.25, -0.2) is 18.0 Å². The van der Waals surface area contributed by atoms with E-state index in [1.807, 2.05) is 24.4 Å². The second kappa shape index (κ2) is 10.0. The molecule has 4 aromatic rings. The van der Waals surface area contributed by atoms with E-state index in [4.69, 9.17) is 4.74 Å². The predicted octanol–water partition coefficient (Wildman–Crippen LogP) is 3.49. The molecule has 1 aliphatic carbocycles. The fourth-order valence-electron chi connectivity index (χ4n) is 4.83. The molecule has 3 aromatic heterocycles. The molecular formula is C24H28F2N8O2. The summed E-state index contributed by atoms with van der Waals surface area (Å²) >= 11 is 0. The second-order valence-electron chi connectivity index (χ2n) is 9.06. The first-order valence-corrected chi connectivity index (χ1v) is 11.9. The first-order chi connectivity index (χ1) is 17.5. The lowest BCUT2D eigenvalue weighted by Gasteiger charge is -2.29. The number of alkyl halides is 2. The van der Waals surface area contributed by atoms with Gasteiger partial charge >= 0.3 is 0 Å². The van der Waals surface area contributed by atoms with Crippen LogP contribution in [0.2, 0.25) is 0 Å². The Labute approximate surface area is 206 Å². The van der Waals surface area contributed by atoms with Crippen molar-refractivity contribution in [1.82, 2.24) is 34.9 Å². The van der Waals surface area contributed by atoms with Crippen LogP contribution >= 0.6 is 0 Å². The Morgan fingerprint density at radius 3 is 2.61 bits per heavy atom. The summed E-state index contributed by atoms with van der Waals surface area (Å²) in [5.41, 5.74) is 3.37. The molecule has 36 heavy (non-hydrogen) atoms. The van der Waals surface area contributed by atoms with Crippen molar-refractivity contribution < 1.29 is 18.3 Å². The molecule has 5 rings (SSSR count). The fourth-order valence-corrected chi connectivity index (χ4v) is 4.83. The van der Waals surface area contributed by atoms with Crippen LogP contribution in [0.1, 0.15) is 38.6 Å². The number of rotatable bonds is 8. The van der Waals surface area contributed by atoms with Gasteiger partial charge in [0.05, 0.1) is 12.6 Å². The van der Waals surface area contributed by atoms with Crippen molar-refractivity contribution in [1.29, 1.82) is 0 Å². The molecule has 190 valence electrons. The average molecular weight is 499 g/mol. The molecule has 10 nitrogen and oxygen atoms in total. The van der Waals surface area contributed by atoms with Crippen molar-refractivity contribution >= 4 is 28.4 Å². The topological polar surface area (TPSA) is 111 Å². The monoisotopic (exact) mass is 498 g/mol. The smallest absolute Gasteiger partial charge is 0.244 e. The Kier molecular flexibility index (Phi) is 6.66. The lowest BCUT2D eigenvalue weighted by molar-refractivity contribution is -0.119. The molecule has 1 aliphatic rings. The van der Waals surface area contributed by atoms with E-state index in [-0.39, 0.29) is 18.0 Å². The summed E-state index contributed by atoms with van der Waals surface area (Å²) in [5.74, 6) is 0.852. The summed E-state index contributed by atoms with van der Waals surface area (Å²) in [5, 5.41) is 19.0. The predicted molar refractivity (Wildman–Crippen MR) is 131 cm³/mol. The number of halogens is 2. The van der Waals surface area contributed by atoms with Crippen molar-refractivity contribution in [3.05, 3.63) is 30.5 Å². The number of ether oxygens (including phenoxy) is 1. The van der Waals surface area contributed by atoms with E-state index in [0.29, 0.717) is 28.4 Å². The van der Waals surface area contributed by atoms with Gasteiger partial charge in [-0.1, -0.05) is 11.3 Å². The number of anilines is 1. The third-order valence-electron chi connectivity index (χ3n) is 6.62. The van der Waals surface area contributed by atoms with E-state index in [9.17, 15) is 13.6 Å². The highest BCUT2D eigenvalue weighted by Crippen LogP contribution is 2.33. The van der Waals surface area contributed by atoms with E-state index in [1.165, 1.54) is 4.68 Å². The normalized spacial score (nSPS) is 18.1. The lowest BCUT2D eigenvalue weighted by atomic mass is 9.91. The first-order valence-electron chi connectivity index (χ1n) is 11.9. The van der Waals surface area contributed by atoms with Crippen LogP contribution in [0.5, 0.6) is 5.88 Å². The molecule has 12 heteroatoms. The van der Waals surface area contributed by atoms with Crippen molar-refractivity contribution in [3.63, 3.8) is 0 Å². The minimum atomic E-state index is -1.02. The van der Waals surface area contributed by atoms with Crippen LogP contribution in [0.15, 0.2) is 30.5 Å². The van der Waals surface area contributed by atoms with Gasteiger partial charge in [-0.3, -0.25) is 4.79 Å². The van der Waals surface area contributed by atoms with E-state index in [0.717, 1.165) is 36.8 Å². The van der Waals surface area contributed by atoms with Crippen LogP contribution in [0.25, 0.3) is 27.7 Å². The maximum absolute atomic E-state index is 13.3. The highest BCUT2D eigenvalue weighted by atomic mass is 19.1. The summed E-state index contributed by atoms with van der Waals surface area (Å²) in [4.78, 5) is 15.9. The van der Waals surface area contributed by atoms with Crippen LogP contribution in [-0.4, -0.2) is 68.0 Å². The Hall–Kier alpha value is -3.83. The molecule has 1 fully saturated rings. The Balaban J connectivity index is 1.43. The minimum absolute atomic E-state index is 0.00199. The molecular weight excluding hydrogens is 470 g/mol. The van der Waals surface area contributed by atoms with Gasteiger partial charge in [-0.2, -0.15) is 4.98 Å². The first kappa shape index (κ1) is 23.9. The van der Waals surface area contributed by atoms with Crippen LogP contribution < -0.4 is 15.4 Å². The van der Waals surface area contributed by atoms with E-state index in [1.54, 1.807) is 24.6 Å². The second-order valence-corrected chi connectivity index (χ2v) is 9.06. The molecule has 2 N–H and O–H groups in total. The minimum Gasteiger partial charge on any atom is -0.479 e. The highest BCUT2D eigenvalue weighted by Gasteiger charge is 2.24. The molecule has 1 saturated carbocycles. The largest absolute Gasteiger partial charge is 0.479 e. The van der Waals surface area contributed by atoms with Crippen molar-refractivity contribution in [2.24, 2.45) is 0 Å². The van der Waals surface area contributed by atoms with Gasteiger partial charge in [-0.15, -0.1) is 10.2 Å². The number of aromatic nitrogens is 6. The maximum atomic E-state index is 13.3. The zero-order chi connectivity index (χ0) is 25.2. The molecule has 3 heterocycles. The number of amides is 1. The molecule has 0 saturated heterocycles. The van der Waals surface area contributed by atoms with E-state index >= 15 is 0 Å². The van der Waals surface area contributed by atoms with Crippen LogP contribution in [0.3, 0.4) is 0 Å². The number of hydrogen-bond donors (Lipinski definition) is 2. The highest BCUT2D eigenvalue weighted by molar-refractivity contribution is 5.89. The quantitative estimate of drug-likeness (QED) is 0.383. The number of hydrogen-bond acceptors (Lipinski definition) is 7. The van der Waals surface area contributed by atoms with E-state index in [2.05, 4.69) is 31.0 Å². The molecule has 1 amide bonds. The molecule has 0 atom stereocenters. The van der Waals surface area contributed by atoms with Crippen molar-refractivity contribution in [3.8, 4) is 17.0 Å². The third-order valence-corrected chi connectivity index (χ3v) is 6.62. The number of methoxy groups -OCH3 is 1. The number of fused-ring (bicyclic) bond motifs is 2. The summed E-state index contributed by atoms with van der Waals surface area (Å²) < 4.78 is 35.2. The van der Waals surface area contributed by atoms with Crippen molar-refractivity contribution in [2.75, 3.05) is 25.8 Å². The Morgan fingerprint density at radius 2 is 1.92 bits per heavy atom. The molecule has 0 aliphatic heterocycles. The molecule has 1 aromatic carbocycles. The molecule has 0 spiro atoms. The zero-order valence-electron chi connectivity index (χ0n) is 20.1. The van der Waals surface area contributed by atoms with Crippen LogP contribution in [0.4, 0.5) is 14.7 Å². The third kappa shape index (κ3) is 4.54. The number of nitrogens with one attached hydrogen (secondary N) is 2. The lowest BCUT2D eigenvalue weighted by Crippen LogP contribution is -2.39. The van der Waals surface area contributed by atoms with Gasteiger partial charge in [0.15, 0.2) is 0 Å². The molecule has 0 radical (unpaired) electrons. The maximum Gasteiger partial charge on any atom is 0.244 e. The van der Waals surface area contributed by atoms with Gasteiger partial charge < -0.3 is 15.4 Å². The number of carbonyl (C=O) groups excluding carboxylic acids is 1. The van der Waals surface area contributed by atoms with Gasteiger partial charge in [-0.05, 0) is 49.4 Å². The summed E-state index contributed by atoms with van der Waals surface area (Å²) in [6.07, 6.45) is 5.39. The fraction of sp³-hybridized carbons (Fsp3) is 0.458. The van der Waals surface area contributed by atoms with Gasteiger partial charge in [0.2, 0.25) is 17.7 Å². The Bertz CT molecular complexity index is 1380. The molecule has 0 unspecified atom stereocenters. The van der Waals surface area contributed by atoms with Crippen molar-refractivity contribution in [2.45, 2.75) is 50.7 Å². The van der Waals surface area contributed by atoms with Gasteiger partial charge in [0.25, 0.3) is 0 Å². The number of nitrogens with zero attached hydrogens (tertiary/aromatic N) is 6. The summed E-state index contributed by atoms with van der Waals surface area (Å²) in [7, 11) is 1.55. The van der Waals surface area contributed by atoms with E-state index < -0.39 is 19.4 Å². The standard InChI is InChI=1S/C24H28F2N8O2/c1-14(35)27-16-4-6-17(7-5-16)28-24-29-23(36-2)22-19(9-10-33(22)31-24)15-3-8-20-21(11-15)34(32-30-20)18(12-25)13-26/h3,8-11,16-18H,4-7,12-13H2,1-2H3,(H,27,35)(H,28,31)/t16-,17+. The SMILES string of the molecule is COc1nc(N[C@H]2CC[C@@H](NC(C)=O)CC2)nn2ccc(-c3ccc4nnn(C(CF)CF)c4c3)c12. The van der Waals surface area contributed by atoms with Crippen LogP contribution in [-0.2, 0) is 4.79 Å². The Morgan fingerprint density at radius 1 is 1.17 bits per heavy atom. The molecule has 0 bridgehead atoms. The zero-order valence-corrected chi connectivity index (χ0v) is 20.1. The number of carbonyl (C=O) groups is 1. The van der Waals surface area contributed by atoms with Gasteiger partial charge in [0, 0.05) is 30.8 Å². The summed E-state index contributed by atoms with van der Waals surface area (Å²) in [6, 6.07) is 6.73. The average Bonchev–Trinajstić information content (AvgIpc) is 3.49. The van der Waals surface area contributed by atoms with Gasteiger partial charge in [0.1, 0.15) is 30.4 Å².